The largest absolute Gasteiger partial charge is 0.338 e. The minimum atomic E-state index is 0.0261. The fraction of sp³-hybridized carbons (Fsp3) is 0.263. The monoisotopic (exact) mass is 374 g/mol. The molecule has 1 fully saturated rings. The Hall–Kier alpha value is -1.98. The number of piperazine rings is 1. The molecule has 6 heteroatoms. The second-order valence-corrected chi connectivity index (χ2v) is 7.18. The third-order valence-corrected chi connectivity index (χ3v) is 5.63. The standard InChI is InChI=1S/C19H19ClN2O2S/c20-16-8-4-5-9-17(16)25-14-18(23)21-10-12-22(13-11-21)19(24)15-6-2-1-3-7-15/h1-9H,10-14H2. The van der Waals surface area contributed by atoms with Crippen molar-refractivity contribution in [2.24, 2.45) is 0 Å². The van der Waals surface area contributed by atoms with Gasteiger partial charge in [-0.1, -0.05) is 41.9 Å². The summed E-state index contributed by atoms with van der Waals surface area (Å²) in [6.07, 6.45) is 0. The lowest BCUT2D eigenvalue weighted by molar-refractivity contribution is -0.129. The first-order valence-electron chi connectivity index (χ1n) is 8.14. The number of halogens is 1. The summed E-state index contributed by atoms with van der Waals surface area (Å²) in [6.45, 7) is 2.27. The van der Waals surface area contributed by atoms with E-state index in [0.717, 1.165) is 4.90 Å². The molecule has 2 aromatic carbocycles. The molecule has 0 spiro atoms. The van der Waals surface area contributed by atoms with Gasteiger partial charge in [-0.25, -0.2) is 0 Å². The molecule has 0 aromatic heterocycles. The van der Waals surface area contributed by atoms with Crippen molar-refractivity contribution in [1.29, 1.82) is 0 Å². The van der Waals surface area contributed by atoms with Crippen LogP contribution in [0.15, 0.2) is 59.5 Å². The molecule has 130 valence electrons. The molecule has 0 unspecified atom stereocenters. The minimum absolute atomic E-state index is 0.0261. The molecule has 1 heterocycles. The van der Waals surface area contributed by atoms with Crippen molar-refractivity contribution < 1.29 is 9.59 Å². The highest BCUT2D eigenvalue weighted by Gasteiger charge is 2.24. The van der Waals surface area contributed by atoms with E-state index < -0.39 is 0 Å². The van der Waals surface area contributed by atoms with Crippen LogP contribution in [0.25, 0.3) is 0 Å². The molecule has 2 aromatic rings. The number of amides is 2. The van der Waals surface area contributed by atoms with Crippen LogP contribution in [0.2, 0.25) is 5.02 Å². The summed E-state index contributed by atoms with van der Waals surface area (Å²) < 4.78 is 0. The molecule has 0 atom stereocenters. The van der Waals surface area contributed by atoms with Gasteiger partial charge < -0.3 is 9.80 Å². The van der Waals surface area contributed by atoms with Gasteiger partial charge >= 0.3 is 0 Å². The predicted octanol–water partition coefficient (Wildman–Crippen LogP) is 3.42. The summed E-state index contributed by atoms with van der Waals surface area (Å²) in [7, 11) is 0. The molecule has 0 bridgehead atoms. The Morgan fingerprint density at radius 2 is 1.48 bits per heavy atom. The molecule has 4 nitrogen and oxygen atoms in total. The van der Waals surface area contributed by atoms with Crippen LogP contribution in [0, 0.1) is 0 Å². The van der Waals surface area contributed by atoms with E-state index in [4.69, 9.17) is 11.6 Å². The van der Waals surface area contributed by atoms with Crippen molar-refractivity contribution in [2.45, 2.75) is 4.90 Å². The van der Waals surface area contributed by atoms with Gasteiger partial charge in [-0.15, -0.1) is 11.8 Å². The second-order valence-electron chi connectivity index (χ2n) is 5.76. The van der Waals surface area contributed by atoms with Crippen molar-refractivity contribution in [3.8, 4) is 0 Å². The van der Waals surface area contributed by atoms with Gasteiger partial charge in [0, 0.05) is 36.6 Å². The van der Waals surface area contributed by atoms with Gasteiger partial charge in [-0.2, -0.15) is 0 Å². The molecule has 0 radical (unpaired) electrons. The Bertz CT molecular complexity index is 746. The lowest BCUT2D eigenvalue weighted by atomic mass is 10.2. The maximum Gasteiger partial charge on any atom is 0.253 e. The van der Waals surface area contributed by atoms with Crippen molar-refractivity contribution in [1.82, 2.24) is 9.80 Å². The van der Waals surface area contributed by atoms with Crippen LogP contribution in [0.5, 0.6) is 0 Å². The highest BCUT2D eigenvalue weighted by Crippen LogP contribution is 2.26. The van der Waals surface area contributed by atoms with Crippen molar-refractivity contribution in [3.05, 3.63) is 65.2 Å². The number of carbonyl (C=O) groups is 2. The average molecular weight is 375 g/mol. The van der Waals surface area contributed by atoms with Crippen LogP contribution in [-0.2, 0) is 4.79 Å². The van der Waals surface area contributed by atoms with Crippen LogP contribution < -0.4 is 0 Å². The highest BCUT2D eigenvalue weighted by atomic mass is 35.5. The third-order valence-electron chi connectivity index (χ3n) is 4.13. The van der Waals surface area contributed by atoms with E-state index in [1.807, 2.05) is 59.5 Å². The first kappa shape index (κ1) is 17.8. The fourth-order valence-corrected chi connectivity index (χ4v) is 3.86. The van der Waals surface area contributed by atoms with E-state index in [1.165, 1.54) is 11.8 Å². The topological polar surface area (TPSA) is 40.6 Å². The fourth-order valence-electron chi connectivity index (χ4n) is 2.71. The number of benzene rings is 2. The van der Waals surface area contributed by atoms with E-state index in [-0.39, 0.29) is 11.8 Å². The first-order chi connectivity index (χ1) is 12.1. The Morgan fingerprint density at radius 3 is 2.16 bits per heavy atom. The van der Waals surface area contributed by atoms with Crippen LogP contribution in [0.3, 0.4) is 0 Å². The maximum absolute atomic E-state index is 12.4. The van der Waals surface area contributed by atoms with Gasteiger partial charge in [0.25, 0.3) is 5.91 Å². The Kier molecular flexibility index (Phi) is 6.00. The Morgan fingerprint density at radius 1 is 0.880 bits per heavy atom. The van der Waals surface area contributed by atoms with Gasteiger partial charge in [0.15, 0.2) is 0 Å². The van der Waals surface area contributed by atoms with Gasteiger partial charge in [0.1, 0.15) is 0 Å². The van der Waals surface area contributed by atoms with Gasteiger partial charge in [0.2, 0.25) is 5.91 Å². The summed E-state index contributed by atoms with van der Waals surface area (Å²) in [4.78, 5) is 29.4. The van der Waals surface area contributed by atoms with Gasteiger partial charge in [-0.3, -0.25) is 9.59 Å². The zero-order chi connectivity index (χ0) is 17.6. The van der Waals surface area contributed by atoms with E-state index in [1.54, 1.807) is 4.90 Å². The first-order valence-corrected chi connectivity index (χ1v) is 9.51. The molecule has 1 aliphatic heterocycles. The Labute approximate surface area is 156 Å². The average Bonchev–Trinajstić information content (AvgIpc) is 2.67. The minimum Gasteiger partial charge on any atom is -0.338 e. The molecule has 0 aliphatic carbocycles. The van der Waals surface area contributed by atoms with Crippen molar-refractivity contribution >= 4 is 35.2 Å². The summed E-state index contributed by atoms with van der Waals surface area (Å²) in [6, 6.07) is 16.8. The smallest absolute Gasteiger partial charge is 0.253 e. The Balaban J connectivity index is 1.49. The number of rotatable bonds is 4. The van der Waals surface area contributed by atoms with Crippen LogP contribution in [-0.4, -0.2) is 53.5 Å². The summed E-state index contributed by atoms with van der Waals surface area (Å²) in [5, 5.41) is 0.665. The number of thioether (sulfide) groups is 1. The van der Waals surface area contributed by atoms with Crippen molar-refractivity contribution in [2.75, 3.05) is 31.9 Å². The second kappa shape index (κ2) is 8.41. The van der Waals surface area contributed by atoms with E-state index in [0.29, 0.717) is 42.5 Å². The van der Waals surface area contributed by atoms with E-state index >= 15 is 0 Å². The van der Waals surface area contributed by atoms with Gasteiger partial charge in [0.05, 0.1) is 10.8 Å². The van der Waals surface area contributed by atoms with Crippen LogP contribution in [0.4, 0.5) is 0 Å². The van der Waals surface area contributed by atoms with E-state index in [2.05, 4.69) is 0 Å². The molecule has 1 saturated heterocycles. The lowest BCUT2D eigenvalue weighted by Crippen LogP contribution is -2.51. The lowest BCUT2D eigenvalue weighted by Gasteiger charge is -2.34. The molecule has 3 rings (SSSR count). The number of hydrogen-bond donors (Lipinski definition) is 0. The maximum atomic E-state index is 12.4. The zero-order valence-corrected chi connectivity index (χ0v) is 15.3. The summed E-state index contributed by atoms with van der Waals surface area (Å²) >= 11 is 7.56. The van der Waals surface area contributed by atoms with E-state index in [9.17, 15) is 9.59 Å². The molecule has 2 amide bonds. The number of hydrogen-bond acceptors (Lipinski definition) is 3. The molecule has 0 saturated carbocycles. The van der Waals surface area contributed by atoms with Crippen LogP contribution in [0.1, 0.15) is 10.4 Å². The number of carbonyl (C=O) groups excluding carboxylic acids is 2. The zero-order valence-electron chi connectivity index (χ0n) is 13.7. The number of nitrogens with zero attached hydrogens (tertiary/aromatic N) is 2. The summed E-state index contributed by atoms with van der Waals surface area (Å²) in [5.41, 5.74) is 0.691. The SMILES string of the molecule is O=C(CSc1ccccc1Cl)N1CCN(C(=O)c2ccccc2)CC1. The molecular formula is C19H19ClN2O2S. The van der Waals surface area contributed by atoms with Crippen LogP contribution >= 0.6 is 23.4 Å². The third kappa shape index (κ3) is 4.55. The van der Waals surface area contributed by atoms with Gasteiger partial charge in [-0.05, 0) is 24.3 Å². The quantitative estimate of drug-likeness (QED) is 0.770. The molecule has 25 heavy (non-hydrogen) atoms. The normalized spacial score (nSPS) is 14.4. The summed E-state index contributed by atoms with van der Waals surface area (Å²) in [5.74, 6) is 0.464. The molecular weight excluding hydrogens is 356 g/mol. The predicted molar refractivity (Wildman–Crippen MR) is 101 cm³/mol. The molecule has 0 N–H and O–H groups in total. The highest BCUT2D eigenvalue weighted by molar-refractivity contribution is 8.00. The van der Waals surface area contributed by atoms with Crippen molar-refractivity contribution in [3.63, 3.8) is 0 Å². The molecule has 1 aliphatic rings.